The molecule has 7 rings (SSSR count). The highest BCUT2D eigenvalue weighted by atomic mass is 32.2. The van der Waals surface area contributed by atoms with E-state index < -0.39 is 23.1 Å². The molecule has 0 saturated heterocycles. The summed E-state index contributed by atoms with van der Waals surface area (Å²) < 4.78 is 44.4. The first-order chi connectivity index (χ1) is 21.0. The quantitative estimate of drug-likeness (QED) is 0.278. The molecule has 43 heavy (non-hydrogen) atoms. The van der Waals surface area contributed by atoms with Crippen LogP contribution < -0.4 is 19.9 Å². The molecule has 3 aromatic carbocycles. The monoisotopic (exact) mass is 599 g/mol. The summed E-state index contributed by atoms with van der Waals surface area (Å²) in [6.45, 7) is 0.751. The van der Waals surface area contributed by atoms with Crippen molar-refractivity contribution in [2.45, 2.75) is 29.7 Å². The van der Waals surface area contributed by atoms with Crippen LogP contribution in [0.1, 0.15) is 45.2 Å². The van der Waals surface area contributed by atoms with Gasteiger partial charge in [0.05, 0.1) is 0 Å². The summed E-state index contributed by atoms with van der Waals surface area (Å²) in [5, 5.41) is 1.91. The average Bonchev–Trinajstić information content (AvgIpc) is 3.19. The molecule has 7 nitrogen and oxygen atoms in total. The van der Waals surface area contributed by atoms with E-state index in [0.29, 0.717) is 18.5 Å². The largest absolute Gasteiger partial charge is 0.489 e. The lowest BCUT2D eigenvalue weighted by Crippen LogP contribution is -2.56. The fraction of sp³-hybridized carbons (Fsp3) is 0.212. The summed E-state index contributed by atoms with van der Waals surface area (Å²) in [7, 11) is 0. The number of benzene rings is 3. The summed E-state index contributed by atoms with van der Waals surface area (Å²) in [5.74, 6) is -1.89. The Bertz CT molecular complexity index is 1810. The zero-order valence-corrected chi connectivity index (χ0v) is 23.9. The van der Waals surface area contributed by atoms with E-state index in [1.807, 2.05) is 71.8 Å². The average molecular weight is 600 g/mol. The third-order valence-corrected chi connectivity index (χ3v) is 9.01. The van der Waals surface area contributed by atoms with Gasteiger partial charge < -0.3 is 14.4 Å². The molecule has 1 aromatic heterocycles. The maximum absolute atomic E-state index is 15.6. The van der Waals surface area contributed by atoms with E-state index in [9.17, 15) is 14.0 Å². The van der Waals surface area contributed by atoms with Crippen molar-refractivity contribution in [3.05, 3.63) is 135 Å². The molecule has 218 valence electrons. The Morgan fingerprint density at radius 2 is 1.81 bits per heavy atom. The van der Waals surface area contributed by atoms with Crippen LogP contribution in [0.3, 0.4) is 0 Å². The Morgan fingerprint density at radius 1 is 1.00 bits per heavy atom. The summed E-state index contributed by atoms with van der Waals surface area (Å²) in [6.07, 6.45) is 5.78. The number of carbonyl (C=O) groups excluding carboxylic acids is 1. The van der Waals surface area contributed by atoms with Gasteiger partial charge in [-0.25, -0.2) is 8.78 Å². The van der Waals surface area contributed by atoms with Crippen LogP contribution in [0.2, 0.25) is 0 Å². The van der Waals surface area contributed by atoms with Crippen LogP contribution in [0.15, 0.2) is 94.8 Å². The number of aromatic nitrogens is 1. The number of nitrogens with zero attached hydrogens (tertiary/aromatic N) is 3. The maximum atomic E-state index is 15.6. The number of hydrogen-bond donors (Lipinski definition) is 0. The Hall–Kier alpha value is -4.57. The molecule has 0 saturated carbocycles. The van der Waals surface area contributed by atoms with Gasteiger partial charge in [0.2, 0.25) is 5.43 Å². The highest BCUT2D eigenvalue weighted by Gasteiger charge is 2.41. The van der Waals surface area contributed by atoms with Crippen LogP contribution in [0, 0.1) is 11.6 Å². The molecule has 4 aromatic rings. The van der Waals surface area contributed by atoms with Gasteiger partial charge in [0.25, 0.3) is 5.91 Å². The number of hydrogen-bond acceptors (Lipinski definition) is 6. The topological polar surface area (TPSA) is 64.0 Å². The number of amides is 1. The number of pyridine rings is 1. The fourth-order valence-electron chi connectivity index (χ4n) is 5.86. The predicted molar refractivity (Wildman–Crippen MR) is 159 cm³/mol. The molecule has 10 heteroatoms. The molecule has 3 aliphatic rings. The predicted octanol–water partition coefficient (Wildman–Crippen LogP) is 5.79. The van der Waals surface area contributed by atoms with E-state index in [4.69, 9.17) is 9.47 Å². The van der Waals surface area contributed by atoms with Gasteiger partial charge in [-0.3, -0.25) is 19.3 Å². The van der Waals surface area contributed by atoms with Crippen LogP contribution >= 0.6 is 11.8 Å². The van der Waals surface area contributed by atoms with Crippen molar-refractivity contribution in [3.63, 3.8) is 0 Å². The number of carbonyl (C=O) groups is 1. The zero-order chi connectivity index (χ0) is 29.5. The fourth-order valence-corrected chi connectivity index (χ4v) is 6.96. The minimum absolute atomic E-state index is 0.0630. The second-order valence-electron chi connectivity index (χ2n) is 10.5. The summed E-state index contributed by atoms with van der Waals surface area (Å²) >= 11 is 1.42. The maximum Gasteiger partial charge on any atom is 0.277 e. The molecule has 1 atom stereocenters. The van der Waals surface area contributed by atoms with Gasteiger partial charge in [-0.05, 0) is 23.6 Å². The van der Waals surface area contributed by atoms with Crippen LogP contribution in [-0.2, 0) is 12.4 Å². The standard InChI is InChI=1S/C33H27F2N3O4S/c34-24-17-26-28-23(29(24)35)19-43-27-12-6-5-11-22(27)30(28)38-20-36(14-7-2-8-16-41-26)33(40)31-32(25(39)13-15-37(31)38)42-18-21-9-3-1-4-10-21/h1-6,8-13,15,17,30H,7,14,16,18-20H2/b8-2+. The molecule has 0 fully saturated rings. The van der Waals surface area contributed by atoms with Gasteiger partial charge in [-0.2, -0.15) is 0 Å². The molecule has 0 spiro atoms. The van der Waals surface area contributed by atoms with Gasteiger partial charge in [0, 0.05) is 46.6 Å². The summed E-state index contributed by atoms with van der Waals surface area (Å²) in [4.78, 5) is 29.9. The lowest BCUT2D eigenvalue weighted by Gasteiger charge is -2.44. The molecule has 2 bridgehead atoms. The van der Waals surface area contributed by atoms with Crippen LogP contribution in [0.4, 0.5) is 8.78 Å². The van der Waals surface area contributed by atoms with Crippen LogP contribution in [-0.4, -0.2) is 35.3 Å². The van der Waals surface area contributed by atoms with Gasteiger partial charge in [-0.15, -0.1) is 11.8 Å². The van der Waals surface area contributed by atoms with Crippen molar-refractivity contribution in [1.29, 1.82) is 0 Å². The summed E-state index contributed by atoms with van der Waals surface area (Å²) in [5.41, 5.74) is 2.03. The lowest BCUT2D eigenvalue weighted by molar-refractivity contribution is 0.0679. The van der Waals surface area contributed by atoms with Crippen LogP contribution in [0.25, 0.3) is 0 Å². The number of ether oxygens (including phenoxy) is 2. The molecule has 1 unspecified atom stereocenters. The highest BCUT2D eigenvalue weighted by molar-refractivity contribution is 7.98. The van der Waals surface area contributed by atoms with E-state index in [-0.39, 0.29) is 54.3 Å². The second kappa shape index (κ2) is 11.3. The third kappa shape index (κ3) is 4.85. The summed E-state index contributed by atoms with van der Waals surface area (Å²) in [6, 6.07) is 18.9. The zero-order valence-electron chi connectivity index (χ0n) is 23.0. The Labute approximate surface area is 250 Å². The lowest BCUT2D eigenvalue weighted by atomic mass is 9.92. The van der Waals surface area contributed by atoms with Crippen molar-refractivity contribution in [1.82, 2.24) is 9.58 Å². The molecular formula is C33H27F2N3O4S. The van der Waals surface area contributed by atoms with E-state index in [1.54, 1.807) is 15.8 Å². The molecule has 4 heterocycles. The molecule has 0 N–H and O–H groups in total. The highest BCUT2D eigenvalue weighted by Crippen LogP contribution is 2.47. The minimum Gasteiger partial charge on any atom is -0.489 e. The number of rotatable bonds is 3. The van der Waals surface area contributed by atoms with Gasteiger partial charge in [0.1, 0.15) is 31.7 Å². The van der Waals surface area contributed by atoms with E-state index in [0.717, 1.165) is 22.1 Å². The molecule has 0 aliphatic carbocycles. The van der Waals surface area contributed by atoms with E-state index in [1.165, 1.54) is 17.8 Å². The number of halogens is 2. The third-order valence-electron chi connectivity index (χ3n) is 7.89. The SMILES string of the molecule is O=C1c2c(OCc3ccccc3)c(=O)ccn2N2CN1CC/C=C/COc1cc(F)c(F)c3c1C2c1ccccc1SC3. The number of fused-ring (bicyclic) bond motifs is 7. The molecule has 1 amide bonds. The Balaban J connectivity index is 1.47. The van der Waals surface area contributed by atoms with Gasteiger partial charge in [0.15, 0.2) is 23.1 Å². The number of thioether (sulfide) groups is 1. The van der Waals surface area contributed by atoms with Crippen molar-refractivity contribution >= 4 is 17.7 Å². The second-order valence-corrected chi connectivity index (χ2v) is 11.5. The van der Waals surface area contributed by atoms with E-state index >= 15 is 4.39 Å². The van der Waals surface area contributed by atoms with Crippen molar-refractivity contribution in [2.75, 3.05) is 24.8 Å². The van der Waals surface area contributed by atoms with E-state index in [2.05, 4.69) is 0 Å². The molecule has 0 radical (unpaired) electrons. The Morgan fingerprint density at radius 3 is 2.67 bits per heavy atom. The normalized spacial score (nSPS) is 18.2. The minimum atomic E-state index is -0.980. The first-order valence-electron chi connectivity index (χ1n) is 14.0. The first-order valence-corrected chi connectivity index (χ1v) is 15.0. The molecule has 3 aliphatic heterocycles. The Kier molecular flexibility index (Phi) is 7.14. The van der Waals surface area contributed by atoms with Crippen molar-refractivity contribution in [3.8, 4) is 11.5 Å². The van der Waals surface area contributed by atoms with Crippen molar-refractivity contribution < 1.29 is 23.0 Å². The van der Waals surface area contributed by atoms with Crippen molar-refractivity contribution in [2.24, 2.45) is 0 Å². The van der Waals surface area contributed by atoms with Gasteiger partial charge in [-0.1, -0.05) is 60.7 Å². The van der Waals surface area contributed by atoms with Gasteiger partial charge >= 0.3 is 0 Å². The molecular weight excluding hydrogens is 572 g/mol. The van der Waals surface area contributed by atoms with Crippen LogP contribution in [0.5, 0.6) is 11.5 Å². The smallest absolute Gasteiger partial charge is 0.277 e. The first kappa shape index (κ1) is 27.3.